The minimum absolute atomic E-state index is 0.0564. The van der Waals surface area contributed by atoms with Gasteiger partial charge in [-0.2, -0.15) is 0 Å². The number of alkyl halides is 6. The molecule has 0 saturated carbocycles. The second-order valence-electron chi connectivity index (χ2n) is 39.8. The third-order valence-corrected chi connectivity index (χ3v) is 17.8. The van der Waals surface area contributed by atoms with Crippen LogP contribution in [0.2, 0.25) is 0 Å². The van der Waals surface area contributed by atoms with Crippen molar-refractivity contribution in [2.75, 3.05) is 154 Å². The lowest BCUT2D eigenvalue weighted by atomic mass is 9.97. The Labute approximate surface area is 742 Å². The van der Waals surface area contributed by atoms with Crippen LogP contribution < -0.4 is 80.6 Å². The number of rotatable bonds is 22. The van der Waals surface area contributed by atoms with E-state index in [1.807, 2.05) is 124 Å². The van der Waals surface area contributed by atoms with Gasteiger partial charge >= 0.3 is 12.7 Å². The number of halogens is 6. The van der Waals surface area contributed by atoms with E-state index in [9.17, 15) is 26.3 Å². The highest BCUT2D eigenvalue weighted by Gasteiger charge is 2.32. The van der Waals surface area contributed by atoms with Crippen LogP contribution in [-0.2, 0) is 4.74 Å². The van der Waals surface area contributed by atoms with Crippen LogP contribution in [0.25, 0.3) is 10.2 Å². The Kier molecular flexibility index (Phi) is 42.6. The van der Waals surface area contributed by atoms with E-state index in [4.69, 9.17) is 28.4 Å². The van der Waals surface area contributed by atoms with Gasteiger partial charge in [0.25, 0.3) is 0 Å². The van der Waals surface area contributed by atoms with E-state index in [1.165, 1.54) is 47.4 Å². The molecule has 18 nitrogen and oxygen atoms in total. The summed E-state index contributed by atoms with van der Waals surface area (Å²) in [4.78, 5) is 6.92. The number of morpholine rings is 1. The standard InChI is InChI=1S/C15H24N2O.C13H18N2OS.2C12H16F3NO.C12H17NO2.2C12H19NO.C11H17N/c1-15(2,3)12-16-13-4-6-14(7-5-13)17-8-10-18-11-9-17;1-13(2,3)8-14-12-15-10-6-5-9(16-4)7-11(10)17-12;1-11(2,3)8-16-9-4-6-10(7-5-9)17-12(13,14)15;1-11(2,3)8-16-9-5-4-6-10(7-9)17-12(13,14)15;1-12(2,3)7-13-9-4-5-10-11(6-9)15-8-14-10;1-12(2,3)9-13-10-6-5-7-11(8-10)14-4;1-12(2,3)9-13-10-7-5-6-8-11(10)14-4;1-11(2,3)9-12-10-7-5-4-6-8-10/h4-7,16H,8-12H2,1-3H3;5-7H,8H2,1-4H3,(H,14,15);2*4-7,16H,8H2,1-3H3;4-6,13H,7-8H2,1-3H3;2*5-8,13H,9H2,1-4H3;4-8,12H,9H2,1-3H3. The number of anilines is 9. The Balaban J connectivity index is 0.000000298. The van der Waals surface area contributed by atoms with Crippen LogP contribution in [0.3, 0.4) is 0 Å². The zero-order valence-electron chi connectivity index (χ0n) is 78.9. The molecule has 0 unspecified atom stereocenters. The SMILES string of the molecule is CC(C)(C)CNc1ccc(N2CCOCC2)cc1.CC(C)(C)CNc1ccc(OC(F)(F)F)cc1.CC(C)(C)CNc1ccc2c(c1)OCO2.CC(C)(C)CNc1cccc(OC(F)(F)F)c1.CC(C)(C)CNc1ccccc1.COc1ccc2nc(NCC(C)(C)C)sc2c1.COc1cccc(NCC(C)(C)C)c1.COc1ccccc1NCC(C)(C)C. The van der Waals surface area contributed by atoms with Gasteiger partial charge < -0.3 is 85.3 Å². The van der Waals surface area contributed by atoms with Gasteiger partial charge in [0, 0.05) is 123 Å². The molecular formula is C99H146F6N10O8S. The van der Waals surface area contributed by atoms with Crippen molar-refractivity contribution >= 4 is 72.2 Å². The Morgan fingerprint density at radius 2 is 0.702 bits per heavy atom. The fourth-order valence-electron chi connectivity index (χ4n) is 10.3. The third-order valence-electron chi connectivity index (χ3n) is 16.8. The van der Waals surface area contributed by atoms with Crippen molar-refractivity contribution in [2.24, 2.45) is 43.3 Å². The number of nitrogens with zero attached hydrogens (tertiary/aromatic N) is 2. The molecule has 9 aromatic rings. The molecule has 2 aliphatic heterocycles. The van der Waals surface area contributed by atoms with Crippen molar-refractivity contribution in [3.63, 3.8) is 0 Å². The maximum atomic E-state index is 12.0. The molecule has 0 spiro atoms. The molecule has 11 rings (SSSR count). The zero-order valence-corrected chi connectivity index (χ0v) is 79.7. The summed E-state index contributed by atoms with van der Waals surface area (Å²) < 4.78 is 112. The molecule has 8 N–H and O–H groups in total. The number of hydrogen-bond acceptors (Lipinski definition) is 19. The highest BCUT2D eigenvalue weighted by atomic mass is 32.1. The maximum absolute atomic E-state index is 12.0. The Bertz CT molecular complexity index is 4450. The normalized spacial score (nSPS) is 12.7. The van der Waals surface area contributed by atoms with E-state index in [2.05, 4.69) is 244 Å². The highest BCUT2D eigenvalue weighted by molar-refractivity contribution is 7.22. The summed E-state index contributed by atoms with van der Waals surface area (Å²) in [5.74, 6) is 3.91. The summed E-state index contributed by atoms with van der Waals surface area (Å²) in [5.41, 5.74) is 11.3. The largest absolute Gasteiger partial charge is 0.573 e. The van der Waals surface area contributed by atoms with E-state index < -0.39 is 12.7 Å². The molecule has 0 atom stereocenters. The van der Waals surface area contributed by atoms with Crippen LogP contribution in [0, 0.1) is 43.3 Å². The van der Waals surface area contributed by atoms with Crippen LogP contribution in [-0.4, -0.2) is 124 Å². The molecule has 0 radical (unpaired) electrons. The first-order valence-electron chi connectivity index (χ1n) is 42.2. The number of nitrogens with one attached hydrogen (secondary N) is 8. The smallest absolute Gasteiger partial charge is 0.497 e. The summed E-state index contributed by atoms with van der Waals surface area (Å²) in [7, 11) is 5.06. The van der Waals surface area contributed by atoms with Gasteiger partial charge in [0.2, 0.25) is 6.79 Å². The van der Waals surface area contributed by atoms with E-state index in [0.717, 1.165) is 139 Å². The average Bonchev–Trinajstić information content (AvgIpc) is 1.68. The molecule has 1 saturated heterocycles. The quantitative estimate of drug-likeness (QED) is 0.0299. The number of para-hydroxylation sites is 3. The predicted octanol–water partition coefficient (Wildman–Crippen LogP) is 27.2. The zero-order chi connectivity index (χ0) is 92.8. The first-order valence-corrected chi connectivity index (χ1v) is 43.0. The molecule has 124 heavy (non-hydrogen) atoms. The van der Waals surface area contributed by atoms with Gasteiger partial charge in [-0.3, -0.25) is 0 Å². The fourth-order valence-corrected chi connectivity index (χ4v) is 11.2. The van der Waals surface area contributed by atoms with Crippen molar-refractivity contribution in [1.82, 2.24) is 4.98 Å². The molecular weight excluding hydrogens is 1600 g/mol. The monoisotopic (exact) mass is 1750 g/mol. The number of benzene rings is 8. The second-order valence-corrected chi connectivity index (χ2v) is 40.9. The predicted molar refractivity (Wildman–Crippen MR) is 510 cm³/mol. The first kappa shape index (κ1) is 106. The van der Waals surface area contributed by atoms with Gasteiger partial charge in [-0.25, -0.2) is 4.98 Å². The van der Waals surface area contributed by atoms with Crippen molar-refractivity contribution < 1.29 is 64.2 Å². The second kappa shape index (κ2) is 49.6. The summed E-state index contributed by atoms with van der Waals surface area (Å²) in [6.45, 7) is 63.3. The number of thiazole rings is 1. The fraction of sp³-hybridized carbons (Fsp3) is 0.505. The van der Waals surface area contributed by atoms with E-state index in [0.29, 0.717) is 35.3 Å². The van der Waals surface area contributed by atoms with Crippen LogP contribution in [0.1, 0.15) is 166 Å². The Morgan fingerprint density at radius 3 is 1.16 bits per heavy atom. The van der Waals surface area contributed by atoms with Gasteiger partial charge in [-0.1, -0.05) is 220 Å². The van der Waals surface area contributed by atoms with Gasteiger partial charge in [0.15, 0.2) is 16.6 Å². The van der Waals surface area contributed by atoms with Gasteiger partial charge in [0.1, 0.15) is 28.7 Å². The van der Waals surface area contributed by atoms with Crippen LogP contribution in [0.15, 0.2) is 188 Å². The van der Waals surface area contributed by atoms with Crippen LogP contribution in [0.5, 0.6) is 40.2 Å². The number of fused-ring (bicyclic) bond motifs is 2. The highest BCUT2D eigenvalue weighted by Crippen LogP contribution is 2.36. The van der Waals surface area contributed by atoms with Crippen molar-refractivity contribution in [1.29, 1.82) is 0 Å². The molecule has 8 aromatic carbocycles. The lowest BCUT2D eigenvalue weighted by molar-refractivity contribution is -0.275. The van der Waals surface area contributed by atoms with Crippen LogP contribution in [0.4, 0.5) is 77.0 Å². The molecule has 0 aliphatic carbocycles. The van der Waals surface area contributed by atoms with Crippen molar-refractivity contribution in [3.05, 3.63) is 188 Å². The van der Waals surface area contributed by atoms with Gasteiger partial charge in [-0.15, -0.1) is 26.3 Å². The lowest BCUT2D eigenvalue weighted by Crippen LogP contribution is -2.36. The topological polar surface area (TPSA) is 186 Å². The van der Waals surface area contributed by atoms with Crippen molar-refractivity contribution in [2.45, 2.75) is 179 Å². The van der Waals surface area contributed by atoms with Crippen molar-refractivity contribution in [3.8, 4) is 40.2 Å². The van der Waals surface area contributed by atoms with Gasteiger partial charge in [0.05, 0.1) is 50.4 Å². The van der Waals surface area contributed by atoms with E-state index >= 15 is 0 Å². The molecule has 2 aliphatic rings. The summed E-state index contributed by atoms with van der Waals surface area (Å²) in [5, 5.41) is 27.5. The summed E-state index contributed by atoms with van der Waals surface area (Å²) >= 11 is 1.67. The third kappa shape index (κ3) is 50.7. The molecule has 688 valence electrons. The van der Waals surface area contributed by atoms with E-state index in [1.54, 1.807) is 50.9 Å². The number of methoxy groups -OCH3 is 3. The lowest BCUT2D eigenvalue weighted by Gasteiger charge is -2.29. The minimum atomic E-state index is -4.65. The van der Waals surface area contributed by atoms with E-state index in [-0.39, 0.29) is 38.6 Å². The summed E-state index contributed by atoms with van der Waals surface area (Å²) in [6.07, 6.45) is -9.29. The maximum Gasteiger partial charge on any atom is 0.573 e. The van der Waals surface area contributed by atoms with Crippen LogP contribution >= 0.6 is 11.3 Å². The Hall–Kier alpha value is -10.0. The molecule has 1 fully saturated rings. The molecule has 25 heteroatoms. The summed E-state index contributed by atoms with van der Waals surface area (Å²) in [6, 6.07) is 58.4. The average molecular weight is 1750 g/mol. The molecule has 1 aromatic heterocycles. The molecule has 0 bridgehead atoms. The Morgan fingerprint density at radius 1 is 0.339 bits per heavy atom. The number of aromatic nitrogens is 1. The number of hydrogen-bond donors (Lipinski definition) is 8. The molecule has 0 amide bonds. The first-order chi connectivity index (χ1) is 57.5. The molecule has 3 heterocycles. The van der Waals surface area contributed by atoms with Gasteiger partial charge in [-0.05, 0) is 171 Å². The number of ether oxygens (including phenoxy) is 8. The minimum Gasteiger partial charge on any atom is -0.497 e.